The molecule has 0 amide bonds. The Morgan fingerprint density at radius 2 is 2.12 bits per heavy atom. The quantitative estimate of drug-likeness (QED) is 0.404. The minimum atomic E-state index is -0.627. The number of hydrogen-bond acceptors (Lipinski definition) is 4. The molecule has 186 valence electrons. The molecule has 4 heteroatoms. The summed E-state index contributed by atoms with van der Waals surface area (Å²) in [7, 11) is 0. The van der Waals surface area contributed by atoms with E-state index in [1.54, 1.807) is 16.9 Å². The molecule has 3 nitrogen and oxygen atoms in total. The van der Waals surface area contributed by atoms with E-state index >= 15 is 0 Å². The lowest BCUT2D eigenvalue weighted by atomic mass is 9.60. The molecule has 0 spiro atoms. The summed E-state index contributed by atoms with van der Waals surface area (Å²) in [6, 6.07) is 2.02. The zero-order valence-corrected chi connectivity index (χ0v) is 22.0. The molecule has 34 heavy (non-hydrogen) atoms. The summed E-state index contributed by atoms with van der Waals surface area (Å²) in [6.07, 6.45) is 13.3. The van der Waals surface area contributed by atoms with Crippen LogP contribution in [0.25, 0.3) is 0 Å². The second kappa shape index (κ2) is 10.6. The van der Waals surface area contributed by atoms with Crippen molar-refractivity contribution in [3.05, 3.63) is 57.3 Å². The number of rotatable bonds is 7. The summed E-state index contributed by atoms with van der Waals surface area (Å²) < 4.78 is 0. The Morgan fingerprint density at radius 3 is 2.85 bits per heavy atom. The van der Waals surface area contributed by atoms with Gasteiger partial charge in [0.25, 0.3) is 0 Å². The molecule has 1 aromatic rings. The average Bonchev–Trinajstić information content (AvgIpc) is 3.38. The highest BCUT2D eigenvalue weighted by Gasteiger charge is 2.50. The van der Waals surface area contributed by atoms with Crippen LogP contribution in [0.15, 0.2) is 46.9 Å². The van der Waals surface area contributed by atoms with Gasteiger partial charge >= 0.3 is 0 Å². The second-order valence-corrected chi connectivity index (χ2v) is 12.4. The largest absolute Gasteiger partial charge is 0.393 e. The minimum Gasteiger partial charge on any atom is -0.393 e. The summed E-state index contributed by atoms with van der Waals surface area (Å²) in [5.74, 6) is 2.26. The molecule has 1 aromatic heterocycles. The van der Waals surface area contributed by atoms with Crippen molar-refractivity contribution in [1.82, 2.24) is 0 Å². The van der Waals surface area contributed by atoms with Crippen LogP contribution in [-0.4, -0.2) is 28.2 Å². The molecule has 4 rings (SSSR count). The number of hydrogen-bond donors (Lipinski definition) is 2. The van der Waals surface area contributed by atoms with Gasteiger partial charge in [-0.1, -0.05) is 38.2 Å². The highest BCUT2D eigenvalue weighted by Crippen LogP contribution is 2.60. The predicted molar refractivity (Wildman–Crippen MR) is 141 cm³/mol. The van der Waals surface area contributed by atoms with Crippen molar-refractivity contribution in [2.24, 2.45) is 23.2 Å². The van der Waals surface area contributed by atoms with Gasteiger partial charge in [0.05, 0.1) is 17.1 Å². The van der Waals surface area contributed by atoms with Crippen LogP contribution in [0.3, 0.4) is 0 Å². The van der Waals surface area contributed by atoms with E-state index in [-0.39, 0.29) is 0 Å². The number of thiophene rings is 1. The van der Waals surface area contributed by atoms with Gasteiger partial charge in [-0.3, -0.25) is 4.79 Å². The van der Waals surface area contributed by atoms with Gasteiger partial charge in [-0.15, -0.1) is 11.3 Å². The Hall–Kier alpha value is -1.49. The number of aliphatic hydroxyl groups is 2. The lowest BCUT2D eigenvalue weighted by molar-refractivity contribution is 0.0859. The van der Waals surface area contributed by atoms with Gasteiger partial charge in [-0.05, 0) is 110 Å². The number of aryl methyl sites for hydroxylation is 1. The van der Waals surface area contributed by atoms with E-state index in [1.165, 1.54) is 31.2 Å². The van der Waals surface area contributed by atoms with E-state index in [1.807, 2.05) is 13.0 Å². The summed E-state index contributed by atoms with van der Waals surface area (Å²) in [5.41, 5.74) is 4.83. The summed E-state index contributed by atoms with van der Waals surface area (Å²) in [5, 5.41) is 22.3. The Balaban J connectivity index is 1.38. The zero-order valence-electron chi connectivity index (χ0n) is 21.2. The van der Waals surface area contributed by atoms with Gasteiger partial charge in [0.2, 0.25) is 0 Å². The summed E-state index contributed by atoms with van der Waals surface area (Å²) in [4.78, 5) is 13.4. The van der Waals surface area contributed by atoms with Crippen LogP contribution in [0.1, 0.15) is 93.3 Å². The first-order valence-electron chi connectivity index (χ1n) is 13.2. The van der Waals surface area contributed by atoms with E-state index in [9.17, 15) is 15.0 Å². The van der Waals surface area contributed by atoms with Crippen molar-refractivity contribution in [1.29, 1.82) is 0 Å². The third-order valence-electron chi connectivity index (χ3n) is 9.06. The maximum atomic E-state index is 12.5. The van der Waals surface area contributed by atoms with Gasteiger partial charge < -0.3 is 10.2 Å². The highest BCUT2D eigenvalue weighted by atomic mass is 32.1. The normalized spacial score (nSPS) is 35.0. The van der Waals surface area contributed by atoms with Crippen LogP contribution in [0.4, 0.5) is 0 Å². The average molecular weight is 483 g/mol. The fourth-order valence-corrected chi connectivity index (χ4v) is 8.03. The SMILES string of the molecule is C=C1/C(=C\C=C2/CCC[C@]3(C)[C@@H]([C@@H](C)CCCC(=O)c4cc(C)cs4)CC[C@@H]23)C[C@@H](O)C[C@@H]1O. The molecular formula is C30H42O3S. The molecule has 0 unspecified atom stereocenters. The minimum absolute atomic E-state index is 0.302. The molecule has 3 aliphatic rings. The van der Waals surface area contributed by atoms with Gasteiger partial charge in [0, 0.05) is 12.8 Å². The second-order valence-electron chi connectivity index (χ2n) is 11.4. The van der Waals surface area contributed by atoms with Gasteiger partial charge in [0.15, 0.2) is 5.78 Å². The number of Topliss-reactive ketones (excluding diaryl/α,β-unsaturated/α-hetero) is 1. The van der Waals surface area contributed by atoms with Crippen molar-refractivity contribution < 1.29 is 15.0 Å². The molecule has 0 radical (unpaired) electrons. The van der Waals surface area contributed by atoms with Crippen molar-refractivity contribution in [3.63, 3.8) is 0 Å². The van der Waals surface area contributed by atoms with E-state index in [4.69, 9.17) is 0 Å². The number of allylic oxidation sites excluding steroid dienone is 3. The van der Waals surface area contributed by atoms with E-state index in [2.05, 4.69) is 38.0 Å². The molecule has 6 atom stereocenters. The van der Waals surface area contributed by atoms with E-state index in [0.29, 0.717) is 48.2 Å². The number of ketones is 1. The fraction of sp³-hybridized carbons (Fsp3) is 0.633. The van der Waals surface area contributed by atoms with E-state index in [0.717, 1.165) is 35.3 Å². The molecule has 0 aliphatic heterocycles. The topological polar surface area (TPSA) is 57.5 Å². The molecule has 3 saturated carbocycles. The van der Waals surface area contributed by atoms with Gasteiger partial charge in [-0.25, -0.2) is 0 Å². The number of aliphatic hydroxyl groups excluding tert-OH is 2. The fourth-order valence-electron chi connectivity index (χ4n) is 7.17. The smallest absolute Gasteiger partial charge is 0.172 e. The molecule has 0 saturated heterocycles. The Morgan fingerprint density at radius 1 is 1.32 bits per heavy atom. The monoisotopic (exact) mass is 482 g/mol. The molecular weight excluding hydrogens is 440 g/mol. The van der Waals surface area contributed by atoms with Crippen LogP contribution in [0, 0.1) is 30.1 Å². The number of carbonyl (C=O) groups excluding carboxylic acids is 1. The van der Waals surface area contributed by atoms with Crippen LogP contribution in [-0.2, 0) is 0 Å². The molecule has 0 bridgehead atoms. The molecule has 3 fully saturated rings. The first kappa shape index (κ1) is 25.6. The summed E-state index contributed by atoms with van der Waals surface area (Å²) >= 11 is 1.58. The van der Waals surface area contributed by atoms with E-state index < -0.39 is 12.2 Å². The van der Waals surface area contributed by atoms with Crippen LogP contribution in [0.5, 0.6) is 0 Å². The van der Waals surface area contributed by atoms with Crippen molar-refractivity contribution in [2.75, 3.05) is 0 Å². The number of fused-ring (bicyclic) bond motifs is 1. The molecule has 0 aromatic carbocycles. The number of carbonyl (C=O) groups is 1. The third kappa shape index (κ3) is 5.34. The lowest BCUT2D eigenvalue weighted by Crippen LogP contribution is -2.36. The maximum absolute atomic E-state index is 12.5. The zero-order chi connectivity index (χ0) is 24.5. The third-order valence-corrected chi connectivity index (χ3v) is 10.1. The van der Waals surface area contributed by atoms with Gasteiger partial charge in [0.1, 0.15) is 0 Å². The van der Waals surface area contributed by atoms with Crippen LogP contribution in [0.2, 0.25) is 0 Å². The first-order valence-corrected chi connectivity index (χ1v) is 14.1. The molecule has 3 aliphatic carbocycles. The van der Waals surface area contributed by atoms with Crippen molar-refractivity contribution in [2.45, 2.75) is 97.2 Å². The van der Waals surface area contributed by atoms with Gasteiger partial charge in [-0.2, -0.15) is 0 Å². The van der Waals surface area contributed by atoms with Crippen LogP contribution < -0.4 is 0 Å². The molecule has 1 heterocycles. The highest BCUT2D eigenvalue weighted by molar-refractivity contribution is 7.12. The predicted octanol–water partition coefficient (Wildman–Crippen LogP) is 7.19. The Labute approximate surface area is 209 Å². The Bertz CT molecular complexity index is 969. The maximum Gasteiger partial charge on any atom is 0.172 e. The lowest BCUT2D eigenvalue weighted by Gasteiger charge is -2.44. The molecule has 2 N–H and O–H groups in total. The summed E-state index contributed by atoms with van der Waals surface area (Å²) in [6.45, 7) is 11.0. The van der Waals surface area contributed by atoms with Crippen LogP contribution >= 0.6 is 11.3 Å². The first-order chi connectivity index (χ1) is 16.2. The van der Waals surface area contributed by atoms with Crippen molar-refractivity contribution >= 4 is 17.1 Å². The Kier molecular flexibility index (Phi) is 8.01. The van der Waals surface area contributed by atoms with Crippen molar-refractivity contribution in [3.8, 4) is 0 Å². The standard InChI is InChI=1S/C30H42O3S/c1-19-15-29(34-18-19)27(32)9-5-7-20(2)25-12-13-26-22(8-6-14-30(25,26)4)10-11-23-16-24(31)17-28(33)21(23)3/h10-11,15,18,20,24-26,28,31,33H,3,5-9,12-14,16-17H2,1-2,4H3/b22-10+,23-11-/t20-,24+,25+,26-,28-,30+/m0/s1.